The Morgan fingerprint density at radius 2 is 1.27 bits per heavy atom. The number of benzene rings is 3. The molecule has 6 heteroatoms. The highest BCUT2D eigenvalue weighted by Gasteiger charge is 2.50. The lowest BCUT2D eigenvalue weighted by Crippen LogP contribution is -2.67. The topological polar surface area (TPSA) is 49.0 Å². The van der Waals surface area contributed by atoms with Crippen LogP contribution in [0.15, 0.2) is 91.0 Å². The maximum absolute atomic E-state index is 7.18. The van der Waals surface area contributed by atoms with E-state index in [1.807, 2.05) is 18.2 Å². The summed E-state index contributed by atoms with van der Waals surface area (Å²) in [6, 6.07) is 31.8. The molecule has 0 amide bonds. The summed E-state index contributed by atoms with van der Waals surface area (Å²) in [6.07, 6.45) is 0.492. The van der Waals surface area contributed by atoms with Gasteiger partial charge < -0.3 is 24.0 Å². The van der Waals surface area contributed by atoms with Crippen LogP contribution >= 0.6 is 0 Å². The molecular weight excluding hydrogens is 478 g/mol. The fourth-order valence-electron chi connectivity index (χ4n) is 4.75. The van der Waals surface area contributed by atoms with Crippen LogP contribution in [0.1, 0.15) is 32.8 Å². The summed E-state index contributed by atoms with van der Waals surface area (Å²) in [4.78, 5) is 0. The number of hydrogen-bond acceptors (Lipinski definition) is 5. The van der Waals surface area contributed by atoms with E-state index in [1.54, 1.807) is 14.2 Å². The summed E-state index contributed by atoms with van der Waals surface area (Å²) >= 11 is 0. The molecule has 1 atom stereocenters. The van der Waals surface area contributed by atoms with Crippen molar-refractivity contribution in [2.45, 2.75) is 51.2 Å². The van der Waals surface area contributed by atoms with Crippen molar-refractivity contribution in [3.8, 4) is 0 Å². The fraction of sp³-hybridized carbons (Fsp3) is 0.419. The number of nitrogens with one attached hydrogen (secondary N) is 1. The second-order valence-electron chi connectivity index (χ2n) is 10.3. The minimum Gasteiger partial charge on any atom is -0.406 e. The number of methoxy groups -OCH3 is 2. The van der Waals surface area contributed by atoms with Crippen molar-refractivity contribution in [1.29, 1.82) is 0 Å². The molecule has 0 saturated heterocycles. The van der Waals surface area contributed by atoms with Crippen molar-refractivity contribution in [2.75, 3.05) is 34.0 Å². The molecular formula is C31H43NO4Si. The molecule has 0 aliphatic heterocycles. The van der Waals surface area contributed by atoms with Crippen LogP contribution in [0.5, 0.6) is 0 Å². The molecule has 0 fully saturated rings. The van der Waals surface area contributed by atoms with Gasteiger partial charge in [0.1, 0.15) is 0 Å². The fourth-order valence-corrected chi connectivity index (χ4v) is 9.35. The Balaban J connectivity index is 1.81. The molecule has 200 valence electrons. The van der Waals surface area contributed by atoms with E-state index < -0.39 is 8.32 Å². The van der Waals surface area contributed by atoms with Gasteiger partial charge >= 0.3 is 0 Å². The Bertz CT molecular complexity index is 968. The number of rotatable bonds is 15. The van der Waals surface area contributed by atoms with Gasteiger partial charge in [0.2, 0.25) is 0 Å². The predicted molar refractivity (Wildman–Crippen MR) is 154 cm³/mol. The van der Waals surface area contributed by atoms with Gasteiger partial charge in [-0.1, -0.05) is 112 Å². The zero-order chi connectivity index (χ0) is 26.6. The smallest absolute Gasteiger partial charge is 0.261 e. The van der Waals surface area contributed by atoms with Crippen LogP contribution < -0.4 is 15.7 Å². The highest BCUT2D eigenvalue weighted by atomic mass is 28.4. The molecule has 0 aliphatic carbocycles. The summed E-state index contributed by atoms with van der Waals surface area (Å²) in [5.74, 6) is 0. The molecule has 0 aromatic heterocycles. The van der Waals surface area contributed by atoms with Gasteiger partial charge in [-0.15, -0.1) is 0 Å². The van der Waals surface area contributed by atoms with Crippen LogP contribution in [0.25, 0.3) is 0 Å². The lowest BCUT2D eigenvalue weighted by Gasteiger charge is -2.43. The molecule has 3 aromatic rings. The third-order valence-corrected chi connectivity index (χ3v) is 11.7. The van der Waals surface area contributed by atoms with Gasteiger partial charge in [-0.3, -0.25) is 0 Å². The van der Waals surface area contributed by atoms with Crippen molar-refractivity contribution in [1.82, 2.24) is 5.32 Å². The van der Waals surface area contributed by atoms with E-state index >= 15 is 0 Å². The molecule has 3 aromatic carbocycles. The molecule has 0 bridgehead atoms. The van der Waals surface area contributed by atoms with Crippen molar-refractivity contribution in [3.05, 3.63) is 96.6 Å². The highest BCUT2D eigenvalue weighted by molar-refractivity contribution is 6.99. The zero-order valence-corrected chi connectivity index (χ0v) is 24.0. The summed E-state index contributed by atoms with van der Waals surface area (Å²) in [6.45, 7) is 9.26. The zero-order valence-electron chi connectivity index (χ0n) is 23.0. The molecule has 37 heavy (non-hydrogen) atoms. The van der Waals surface area contributed by atoms with Crippen molar-refractivity contribution < 1.29 is 18.6 Å². The first kappa shape index (κ1) is 29.2. The SMILES string of the molecule is COC(CN[C@@H](CCOCc1ccccc1)CO[Si](c1ccccc1)(c1ccccc1)C(C)(C)C)OC. The Morgan fingerprint density at radius 3 is 1.76 bits per heavy atom. The first-order chi connectivity index (χ1) is 17.9. The molecule has 0 aliphatic rings. The molecule has 5 nitrogen and oxygen atoms in total. The molecule has 1 N–H and O–H groups in total. The maximum atomic E-state index is 7.18. The average molecular weight is 522 g/mol. The average Bonchev–Trinajstić information content (AvgIpc) is 2.92. The number of hydrogen-bond donors (Lipinski definition) is 1. The van der Waals surface area contributed by atoms with Crippen molar-refractivity contribution in [3.63, 3.8) is 0 Å². The monoisotopic (exact) mass is 521 g/mol. The predicted octanol–water partition coefficient (Wildman–Crippen LogP) is 4.75. The van der Waals surface area contributed by atoms with E-state index in [-0.39, 0.29) is 17.4 Å². The summed E-state index contributed by atoms with van der Waals surface area (Å²) in [5, 5.41) is 6.09. The second-order valence-corrected chi connectivity index (χ2v) is 14.6. The molecule has 0 spiro atoms. The van der Waals surface area contributed by atoms with Gasteiger partial charge in [-0.2, -0.15) is 0 Å². The van der Waals surface area contributed by atoms with Crippen LogP contribution in [0.2, 0.25) is 5.04 Å². The Labute approximate surface area is 224 Å². The van der Waals surface area contributed by atoms with Crippen LogP contribution in [0.3, 0.4) is 0 Å². The van der Waals surface area contributed by atoms with Gasteiger partial charge in [0, 0.05) is 33.4 Å². The largest absolute Gasteiger partial charge is 0.406 e. The standard InChI is InChI=1S/C31H43NO4Si/c1-31(2,3)37(28-17-11-7-12-18-28,29-19-13-8-14-20-29)36-25-27(32-23-30(33-4)34-5)21-22-35-24-26-15-9-6-10-16-26/h6-20,27,30,32H,21-25H2,1-5H3/t27-/m0/s1. The van der Waals surface area contributed by atoms with Gasteiger partial charge in [-0.05, 0) is 27.4 Å². The van der Waals surface area contributed by atoms with Crippen molar-refractivity contribution >= 4 is 18.7 Å². The first-order valence-corrected chi connectivity index (χ1v) is 15.0. The molecule has 0 unspecified atom stereocenters. The minimum atomic E-state index is -2.63. The highest BCUT2D eigenvalue weighted by Crippen LogP contribution is 2.36. The quantitative estimate of drug-likeness (QED) is 0.178. The van der Waals surface area contributed by atoms with Gasteiger partial charge in [-0.25, -0.2) is 0 Å². The third kappa shape index (κ3) is 8.08. The summed E-state index contributed by atoms with van der Waals surface area (Å²) < 4.78 is 24.1. The van der Waals surface area contributed by atoms with E-state index in [1.165, 1.54) is 15.9 Å². The normalized spacial score (nSPS) is 13.1. The van der Waals surface area contributed by atoms with Gasteiger partial charge in [0.25, 0.3) is 8.32 Å². The Kier molecular flexibility index (Phi) is 11.5. The van der Waals surface area contributed by atoms with E-state index in [0.717, 1.165) is 6.42 Å². The van der Waals surface area contributed by atoms with E-state index in [0.29, 0.717) is 26.4 Å². The third-order valence-electron chi connectivity index (χ3n) is 6.74. The van der Waals surface area contributed by atoms with Gasteiger partial charge in [0.15, 0.2) is 6.29 Å². The van der Waals surface area contributed by atoms with Crippen LogP contribution in [-0.2, 0) is 25.2 Å². The maximum Gasteiger partial charge on any atom is 0.261 e. The van der Waals surface area contributed by atoms with E-state index in [2.05, 4.69) is 98.9 Å². The van der Waals surface area contributed by atoms with Crippen molar-refractivity contribution in [2.24, 2.45) is 0 Å². The van der Waals surface area contributed by atoms with Crippen LogP contribution in [0.4, 0.5) is 0 Å². The van der Waals surface area contributed by atoms with E-state index in [9.17, 15) is 0 Å². The minimum absolute atomic E-state index is 0.0743. The van der Waals surface area contributed by atoms with E-state index in [4.69, 9.17) is 18.6 Å². The lowest BCUT2D eigenvalue weighted by molar-refractivity contribution is -0.101. The Morgan fingerprint density at radius 1 is 0.757 bits per heavy atom. The lowest BCUT2D eigenvalue weighted by atomic mass is 10.2. The summed E-state index contributed by atoms with van der Waals surface area (Å²) in [5.41, 5.74) is 1.18. The first-order valence-electron chi connectivity index (χ1n) is 13.1. The van der Waals surface area contributed by atoms with Crippen LogP contribution in [0, 0.1) is 0 Å². The van der Waals surface area contributed by atoms with Crippen LogP contribution in [-0.4, -0.2) is 54.6 Å². The summed E-state index contributed by atoms with van der Waals surface area (Å²) in [7, 11) is 0.690. The molecule has 0 heterocycles. The Hall–Kier alpha value is -2.32. The second kappa shape index (κ2) is 14.6. The molecule has 0 saturated carbocycles. The molecule has 0 radical (unpaired) electrons. The molecule has 3 rings (SSSR count). The number of ether oxygens (including phenoxy) is 3. The van der Waals surface area contributed by atoms with Gasteiger partial charge in [0.05, 0.1) is 13.2 Å².